The molecular formula is C74H133N2O7P. The molecule has 10 heteroatoms. The number of ether oxygens (including phenoxy) is 1. The Morgan fingerprint density at radius 3 is 1.17 bits per heavy atom. The third-order valence-electron chi connectivity index (χ3n) is 15.2. The van der Waals surface area contributed by atoms with Gasteiger partial charge in [0.05, 0.1) is 33.8 Å². The Labute approximate surface area is 519 Å². The summed E-state index contributed by atoms with van der Waals surface area (Å²) in [6, 6.07) is -0.902. The quantitative estimate of drug-likeness (QED) is 0.0212. The van der Waals surface area contributed by atoms with E-state index in [-0.39, 0.29) is 24.9 Å². The first-order valence-electron chi connectivity index (χ1n) is 35.0. The summed E-state index contributed by atoms with van der Waals surface area (Å²) in [5.41, 5.74) is 0. The second kappa shape index (κ2) is 63.0. The van der Waals surface area contributed by atoms with Crippen molar-refractivity contribution in [2.75, 3.05) is 40.9 Å². The van der Waals surface area contributed by atoms with Crippen LogP contribution < -0.4 is 10.2 Å². The molecule has 84 heavy (non-hydrogen) atoms. The van der Waals surface area contributed by atoms with Crippen molar-refractivity contribution in [3.8, 4) is 0 Å². The molecule has 0 rings (SSSR count). The highest BCUT2D eigenvalue weighted by Gasteiger charge is 2.27. The number of allylic oxidation sites excluding steroid dienone is 15. The fourth-order valence-electron chi connectivity index (χ4n) is 9.87. The molecule has 0 spiro atoms. The van der Waals surface area contributed by atoms with Crippen molar-refractivity contribution in [2.24, 2.45) is 0 Å². The zero-order valence-corrected chi connectivity index (χ0v) is 56.5. The Bertz CT molecular complexity index is 1760. The number of esters is 1. The van der Waals surface area contributed by atoms with Crippen molar-refractivity contribution in [1.29, 1.82) is 0 Å². The molecule has 9 nitrogen and oxygen atoms in total. The van der Waals surface area contributed by atoms with Crippen molar-refractivity contribution >= 4 is 19.7 Å². The number of hydrogen-bond acceptors (Lipinski definition) is 7. The predicted octanol–water partition coefficient (Wildman–Crippen LogP) is 21.7. The maximum Gasteiger partial charge on any atom is 0.306 e. The molecule has 0 aromatic heterocycles. The van der Waals surface area contributed by atoms with Gasteiger partial charge in [0.1, 0.15) is 19.3 Å². The average molecular weight is 1190 g/mol. The Morgan fingerprint density at radius 2 is 0.762 bits per heavy atom. The summed E-state index contributed by atoms with van der Waals surface area (Å²) in [7, 11) is 1.17. The van der Waals surface area contributed by atoms with Crippen LogP contribution in [-0.4, -0.2) is 69.4 Å². The van der Waals surface area contributed by atoms with Gasteiger partial charge in [-0.2, -0.15) is 0 Å². The molecule has 0 aliphatic heterocycles. The van der Waals surface area contributed by atoms with Gasteiger partial charge in [-0.25, -0.2) is 0 Å². The van der Waals surface area contributed by atoms with Crippen molar-refractivity contribution in [3.05, 3.63) is 97.2 Å². The van der Waals surface area contributed by atoms with Crippen LogP contribution in [0.1, 0.15) is 310 Å². The van der Waals surface area contributed by atoms with Crippen molar-refractivity contribution < 1.29 is 37.3 Å². The minimum atomic E-state index is -4.71. The number of phosphoric acid groups is 1. The molecule has 0 radical (unpaired) electrons. The summed E-state index contributed by atoms with van der Waals surface area (Å²) in [6.07, 6.45) is 85.3. The monoisotopic (exact) mass is 1190 g/mol. The van der Waals surface area contributed by atoms with Crippen LogP contribution in [0.3, 0.4) is 0 Å². The van der Waals surface area contributed by atoms with Crippen LogP contribution in [0.15, 0.2) is 97.2 Å². The lowest BCUT2D eigenvalue weighted by atomic mass is 10.0. The highest BCUT2D eigenvalue weighted by molar-refractivity contribution is 7.45. The van der Waals surface area contributed by atoms with E-state index < -0.39 is 26.6 Å². The smallest absolute Gasteiger partial charge is 0.306 e. The van der Waals surface area contributed by atoms with Crippen molar-refractivity contribution in [1.82, 2.24) is 5.32 Å². The van der Waals surface area contributed by atoms with Crippen LogP contribution >= 0.6 is 7.82 Å². The summed E-state index contributed by atoms with van der Waals surface area (Å²) < 4.78 is 30.4. The Balaban J connectivity index is 5.11. The number of carbonyl (C=O) groups is 2. The van der Waals surface area contributed by atoms with E-state index in [0.717, 1.165) is 109 Å². The van der Waals surface area contributed by atoms with E-state index in [2.05, 4.69) is 111 Å². The second-order valence-corrected chi connectivity index (χ2v) is 26.1. The first-order chi connectivity index (χ1) is 40.9. The van der Waals surface area contributed by atoms with Crippen molar-refractivity contribution in [3.63, 3.8) is 0 Å². The molecule has 1 amide bonds. The number of hydrogen-bond donors (Lipinski definition) is 1. The number of phosphoric ester groups is 1. The maximum absolute atomic E-state index is 13.6. The second-order valence-electron chi connectivity index (χ2n) is 24.6. The molecule has 0 aromatic rings. The summed E-state index contributed by atoms with van der Waals surface area (Å²) in [4.78, 5) is 40.2. The molecule has 0 aromatic carbocycles. The number of likely N-dealkylation sites (N-methyl/N-ethyl adjacent to an activating group) is 1. The fourth-order valence-corrected chi connectivity index (χ4v) is 10.6. The van der Waals surface area contributed by atoms with Gasteiger partial charge in [0.15, 0.2) is 0 Å². The zero-order chi connectivity index (χ0) is 61.4. The molecule has 3 atom stereocenters. The van der Waals surface area contributed by atoms with Gasteiger partial charge in [-0.1, -0.05) is 285 Å². The molecular weight excluding hydrogens is 1060 g/mol. The normalized spacial score (nSPS) is 14.1. The minimum absolute atomic E-state index is 0.0289. The number of amides is 1. The van der Waals surface area contributed by atoms with E-state index in [1.165, 1.54) is 161 Å². The average Bonchev–Trinajstić information content (AvgIpc) is 3.65. The molecule has 0 bridgehead atoms. The van der Waals surface area contributed by atoms with Gasteiger partial charge in [0, 0.05) is 12.8 Å². The third kappa shape index (κ3) is 63.4. The molecule has 0 aliphatic rings. The first-order valence-corrected chi connectivity index (χ1v) is 36.5. The van der Waals surface area contributed by atoms with E-state index >= 15 is 0 Å². The van der Waals surface area contributed by atoms with E-state index in [1.807, 2.05) is 33.3 Å². The van der Waals surface area contributed by atoms with Gasteiger partial charge in [-0.3, -0.25) is 14.2 Å². The van der Waals surface area contributed by atoms with Gasteiger partial charge in [0.2, 0.25) is 5.91 Å². The van der Waals surface area contributed by atoms with E-state index in [0.29, 0.717) is 23.9 Å². The SMILES string of the molecule is CC/C=C\C/C=C\C/C=C\C/C=C\C/C=C\CCCCCCCC(=O)OC(/C=C\CCCCCCCCCCCC)C(COP(=O)([O-])OCC[N+](C)(C)C)NC(=O)CCCCCCCCCCCCCCCCC/C=C\C/C=C\CCCCC. The number of rotatable bonds is 63. The van der Waals surface area contributed by atoms with Crippen LogP contribution in [0.4, 0.5) is 0 Å². The van der Waals surface area contributed by atoms with Crippen LogP contribution in [-0.2, 0) is 27.9 Å². The number of quaternary nitrogens is 1. The predicted molar refractivity (Wildman–Crippen MR) is 362 cm³/mol. The van der Waals surface area contributed by atoms with E-state index in [9.17, 15) is 19.0 Å². The van der Waals surface area contributed by atoms with Gasteiger partial charge < -0.3 is 28.5 Å². The number of unbranched alkanes of at least 4 members (excludes halogenated alkanes) is 33. The zero-order valence-electron chi connectivity index (χ0n) is 55.6. The highest BCUT2D eigenvalue weighted by Crippen LogP contribution is 2.38. The molecule has 0 saturated heterocycles. The van der Waals surface area contributed by atoms with Gasteiger partial charge in [-0.15, -0.1) is 0 Å². The molecule has 486 valence electrons. The molecule has 3 unspecified atom stereocenters. The van der Waals surface area contributed by atoms with Crippen LogP contribution in [0.2, 0.25) is 0 Å². The summed E-state index contributed by atoms with van der Waals surface area (Å²) >= 11 is 0. The van der Waals surface area contributed by atoms with Crippen molar-refractivity contribution in [2.45, 2.75) is 322 Å². The highest BCUT2D eigenvalue weighted by atomic mass is 31.2. The first kappa shape index (κ1) is 80.9. The Hall–Kier alpha value is -3.07. The lowest BCUT2D eigenvalue weighted by Crippen LogP contribution is -2.47. The molecule has 0 aliphatic carbocycles. The molecule has 1 N–H and O–H groups in total. The topological polar surface area (TPSA) is 114 Å². The Morgan fingerprint density at radius 1 is 0.429 bits per heavy atom. The number of nitrogens with zero attached hydrogens (tertiary/aromatic N) is 1. The van der Waals surface area contributed by atoms with Crippen LogP contribution in [0.5, 0.6) is 0 Å². The maximum atomic E-state index is 13.6. The van der Waals surface area contributed by atoms with Gasteiger partial charge in [0.25, 0.3) is 7.82 Å². The molecule has 0 saturated carbocycles. The number of carbonyl (C=O) groups excluding carboxylic acids is 2. The lowest BCUT2D eigenvalue weighted by molar-refractivity contribution is -0.870. The van der Waals surface area contributed by atoms with Crippen LogP contribution in [0.25, 0.3) is 0 Å². The van der Waals surface area contributed by atoms with Crippen LogP contribution in [0, 0.1) is 0 Å². The summed E-state index contributed by atoms with van der Waals surface area (Å²) in [5.74, 6) is -0.559. The minimum Gasteiger partial charge on any atom is -0.756 e. The largest absolute Gasteiger partial charge is 0.756 e. The Kier molecular flexibility index (Phi) is 60.7. The summed E-state index contributed by atoms with van der Waals surface area (Å²) in [5, 5.41) is 3.04. The van der Waals surface area contributed by atoms with Gasteiger partial charge >= 0.3 is 5.97 Å². The van der Waals surface area contributed by atoms with E-state index in [4.69, 9.17) is 13.8 Å². The standard InChI is InChI=1S/C74H133N2O7P/c1-7-10-13-16-19-22-25-28-30-32-34-36-37-38-39-41-42-44-46-48-51-54-57-60-63-66-73(77)75-71(70-82-84(79,80)81-69-68-76(4,5)6)72(65-62-59-56-53-50-27-24-21-18-15-12-9-3)83-74(78)67-64-61-58-55-52-49-47-45-43-40-35-33-31-29-26-23-20-17-14-11-8-2/h11,14,19-20,22-23,28-31,35,40,45,47,62,65,71-72H,7-10,12-13,15-18,21,24-27,32-34,36-39,41-44,46,48-61,63-64,66-70H2,1-6H3,(H-,75,77,79,80)/b14-11-,22-19-,23-20-,30-28-,31-29-,40-35-,47-45-,65-62-. The molecule has 0 fully saturated rings. The van der Waals surface area contributed by atoms with E-state index in [1.54, 1.807) is 0 Å². The number of nitrogens with one attached hydrogen (secondary N) is 1. The summed E-state index contributed by atoms with van der Waals surface area (Å²) in [6.45, 7) is 6.71. The third-order valence-corrected chi connectivity index (χ3v) is 16.2. The lowest BCUT2D eigenvalue weighted by Gasteiger charge is -2.30. The van der Waals surface area contributed by atoms with Gasteiger partial charge in [-0.05, 0) is 109 Å². The fraction of sp³-hybridized carbons (Fsp3) is 0.757. The molecule has 0 heterocycles.